The lowest BCUT2D eigenvalue weighted by molar-refractivity contribution is -0.135. The van der Waals surface area contributed by atoms with Gasteiger partial charge in [-0.15, -0.1) is 0 Å². The predicted octanol–water partition coefficient (Wildman–Crippen LogP) is 2.52. The minimum atomic E-state index is -1.43. The van der Waals surface area contributed by atoms with Crippen molar-refractivity contribution in [3.05, 3.63) is 72.0 Å². The van der Waals surface area contributed by atoms with E-state index in [1.807, 2.05) is 48.5 Å². The Hall–Kier alpha value is -3.94. The number of Topliss-reactive ketones (excluding diaryl/α,β-unsaturated/α-hetero) is 1. The highest BCUT2D eigenvalue weighted by molar-refractivity contribution is 6.09. The molecule has 32 heavy (non-hydrogen) atoms. The lowest BCUT2D eigenvalue weighted by Crippen LogP contribution is -2.48. The Labute approximate surface area is 184 Å². The van der Waals surface area contributed by atoms with E-state index in [-0.39, 0.29) is 11.5 Å². The fourth-order valence-corrected chi connectivity index (χ4v) is 3.77. The monoisotopic (exact) mass is 433 g/mol. The highest BCUT2D eigenvalue weighted by atomic mass is 16.3. The van der Waals surface area contributed by atoms with Crippen LogP contribution in [0.1, 0.15) is 25.2 Å². The zero-order chi connectivity index (χ0) is 22.9. The number of fused-ring (bicyclic) bond motifs is 1. The Kier molecular flexibility index (Phi) is 5.52. The number of hydrogen-bond acceptors (Lipinski definition) is 5. The molecule has 0 unspecified atom stereocenters. The minimum Gasteiger partial charge on any atom is -0.458 e. The van der Waals surface area contributed by atoms with Gasteiger partial charge < -0.3 is 15.1 Å². The summed E-state index contributed by atoms with van der Waals surface area (Å²) in [6, 6.07) is 16.8. The smallest absolute Gasteiger partial charge is 0.325 e. The third kappa shape index (κ3) is 3.99. The molecule has 2 heterocycles. The molecule has 1 saturated heterocycles. The molecule has 2 atom stereocenters. The topological polar surface area (TPSA) is 109 Å². The molecule has 164 valence electrons. The van der Waals surface area contributed by atoms with Crippen LogP contribution < -0.4 is 10.6 Å². The zero-order valence-corrected chi connectivity index (χ0v) is 17.8. The molecule has 4 amide bonds. The predicted molar refractivity (Wildman–Crippen MR) is 117 cm³/mol. The van der Waals surface area contributed by atoms with Gasteiger partial charge in [0.25, 0.3) is 5.91 Å². The Morgan fingerprint density at radius 1 is 1.09 bits per heavy atom. The Bertz CT molecular complexity index is 1170. The maximum atomic E-state index is 13.1. The standard InChI is InChI=1S/C24H23N3O5/c1-15(28)18(12-16-8-4-3-5-9-16)25-21(29)14-27-22(30)24(2,26-23(27)31)20-13-17-10-6-7-11-19(17)32-20/h3-11,13,18H,12,14H2,1-2H3,(H,25,29)(H,26,31)/t18-,24+/m1/s1. The van der Waals surface area contributed by atoms with Crippen molar-refractivity contribution >= 4 is 34.6 Å². The van der Waals surface area contributed by atoms with E-state index in [0.717, 1.165) is 15.8 Å². The van der Waals surface area contributed by atoms with Crippen LogP contribution in [0, 0.1) is 0 Å². The summed E-state index contributed by atoms with van der Waals surface area (Å²) >= 11 is 0. The van der Waals surface area contributed by atoms with Crippen LogP contribution in [0.5, 0.6) is 0 Å². The van der Waals surface area contributed by atoms with Crippen LogP contribution >= 0.6 is 0 Å². The number of rotatable bonds is 7. The van der Waals surface area contributed by atoms with Gasteiger partial charge in [-0.3, -0.25) is 19.3 Å². The van der Waals surface area contributed by atoms with E-state index < -0.39 is 36.0 Å². The van der Waals surface area contributed by atoms with Gasteiger partial charge in [-0.2, -0.15) is 0 Å². The van der Waals surface area contributed by atoms with Gasteiger partial charge in [-0.1, -0.05) is 48.5 Å². The van der Waals surface area contributed by atoms with E-state index in [0.29, 0.717) is 12.0 Å². The Morgan fingerprint density at radius 3 is 2.47 bits per heavy atom. The van der Waals surface area contributed by atoms with E-state index in [4.69, 9.17) is 4.42 Å². The van der Waals surface area contributed by atoms with Crippen LogP contribution in [0.25, 0.3) is 11.0 Å². The average molecular weight is 433 g/mol. The van der Waals surface area contributed by atoms with E-state index in [9.17, 15) is 19.2 Å². The van der Waals surface area contributed by atoms with E-state index >= 15 is 0 Å². The first-order valence-electron chi connectivity index (χ1n) is 10.2. The number of hydrogen-bond donors (Lipinski definition) is 2. The van der Waals surface area contributed by atoms with Gasteiger partial charge in [0.2, 0.25) is 5.91 Å². The molecule has 0 bridgehead atoms. The molecule has 3 aromatic rings. The number of carbonyl (C=O) groups excluding carboxylic acids is 4. The summed E-state index contributed by atoms with van der Waals surface area (Å²) in [6.45, 7) is 2.43. The summed E-state index contributed by atoms with van der Waals surface area (Å²) in [5, 5.41) is 6.06. The van der Waals surface area contributed by atoms with Crippen LogP contribution in [-0.2, 0) is 26.3 Å². The minimum absolute atomic E-state index is 0.216. The molecule has 0 radical (unpaired) electrons. The maximum Gasteiger partial charge on any atom is 0.325 e. The van der Waals surface area contributed by atoms with Crippen molar-refractivity contribution in [2.75, 3.05) is 6.54 Å². The first kappa shape index (κ1) is 21.3. The number of furan rings is 1. The molecule has 0 saturated carbocycles. The second-order valence-corrected chi connectivity index (χ2v) is 8.02. The maximum absolute atomic E-state index is 13.1. The van der Waals surface area contributed by atoms with Gasteiger partial charge in [0.05, 0.1) is 6.04 Å². The number of para-hydroxylation sites is 1. The molecule has 0 aliphatic carbocycles. The first-order chi connectivity index (χ1) is 15.3. The molecule has 0 spiro atoms. The first-order valence-corrected chi connectivity index (χ1v) is 10.2. The molecule has 8 heteroatoms. The summed E-state index contributed by atoms with van der Waals surface area (Å²) in [5.41, 5.74) is 0.0491. The largest absolute Gasteiger partial charge is 0.458 e. The van der Waals surface area contributed by atoms with Crippen LogP contribution in [0.15, 0.2) is 65.1 Å². The zero-order valence-electron chi connectivity index (χ0n) is 17.8. The van der Waals surface area contributed by atoms with E-state index in [2.05, 4.69) is 10.6 Å². The molecular formula is C24H23N3O5. The third-order valence-corrected chi connectivity index (χ3v) is 5.60. The van der Waals surface area contributed by atoms with Crippen molar-refractivity contribution in [2.45, 2.75) is 31.8 Å². The summed E-state index contributed by atoms with van der Waals surface area (Å²) < 4.78 is 5.78. The number of nitrogens with zero attached hydrogens (tertiary/aromatic N) is 1. The molecule has 2 aromatic carbocycles. The lowest BCUT2D eigenvalue weighted by atomic mass is 9.99. The third-order valence-electron chi connectivity index (χ3n) is 5.60. The Morgan fingerprint density at radius 2 is 1.78 bits per heavy atom. The van der Waals surface area contributed by atoms with Crippen molar-refractivity contribution in [3.8, 4) is 0 Å². The van der Waals surface area contributed by atoms with Crippen LogP contribution in [-0.4, -0.2) is 41.1 Å². The van der Waals surface area contributed by atoms with Crippen molar-refractivity contribution in [1.82, 2.24) is 15.5 Å². The molecule has 2 N–H and O–H groups in total. The molecule has 1 aliphatic rings. The summed E-state index contributed by atoms with van der Waals surface area (Å²) in [6.07, 6.45) is 0.318. The van der Waals surface area contributed by atoms with Crippen molar-refractivity contribution in [1.29, 1.82) is 0 Å². The molecule has 1 fully saturated rings. The highest BCUT2D eigenvalue weighted by Gasteiger charge is 2.51. The average Bonchev–Trinajstić information content (AvgIpc) is 3.30. The van der Waals surface area contributed by atoms with Crippen LogP contribution in [0.2, 0.25) is 0 Å². The molecule has 4 rings (SSSR count). The Balaban J connectivity index is 1.47. The summed E-state index contributed by atoms with van der Waals surface area (Å²) in [7, 11) is 0. The summed E-state index contributed by atoms with van der Waals surface area (Å²) in [4.78, 5) is 51.1. The van der Waals surface area contributed by atoms with Gasteiger partial charge in [-0.05, 0) is 38.0 Å². The van der Waals surface area contributed by atoms with Crippen molar-refractivity contribution in [3.63, 3.8) is 0 Å². The van der Waals surface area contributed by atoms with Gasteiger partial charge in [0, 0.05) is 5.39 Å². The number of carbonyl (C=O) groups is 4. The van der Waals surface area contributed by atoms with Gasteiger partial charge in [0.15, 0.2) is 11.3 Å². The number of imide groups is 1. The van der Waals surface area contributed by atoms with Crippen molar-refractivity contribution < 1.29 is 23.6 Å². The molecule has 1 aliphatic heterocycles. The molecule has 1 aromatic heterocycles. The van der Waals surface area contributed by atoms with E-state index in [1.165, 1.54) is 13.8 Å². The van der Waals surface area contributed by atoms with Crippen LogP contribution in [0.4, 0.5) is 4.79 Å². The fourth-order valence-electron chi connectivity index (χ4n) is 3.77. The highest BCUT2D eigenvalue weighted by Crippen LogP contribution is 2.32. The number of ketones is 1. The lowest BCUT2D eigenvalue weighted by Gasteiger charge is -2.20. The second kappa shape index (κ2) is 8.30. The normalized spacial score (nSPS) is 19.1. The van der Waals surface area contributed by atoms with E-state index in [1.54, 1.807) is 12.1 Å². The number of benzene rings is 2. The molecule has 8 nitrogen and oxygen atoms in total. The summed E-state index contributed by atoms with van der Waals surface area (Å²) in [5.74, 6) is -1.13. The fraction of sp³-hybridized carbons (Fsp3) is 0.250. The van der Waals surface area contributed by atoms with Crippen molar-refractivity contribution in [2.24, 2.45) is 0 Å². The molecular weight excluding hydrogens is 410 g/mol. The van der Waals surface area contributed by atoms with Gasteiger partial charge in [-0.25, -0.2) is 4.79 Å². The number of amides is 4. The number of nitrogens with one attached hydrogen (secondary N) is 2. The second-order valence-electron chi connectivity index (χ2n) is 8.02. The number of urea groups is 1. The quantitative estimate of drug-likeness (QED) is 0.557. The van der Waals surface area contributed by atoms with Gasteiger partial charge >= 0.3 is 6.03 Å². The SMILES string of the molecule is CC(=O)[C@@H](Cc1ccccc1)NC(=O)CN1C(=O)N[C@@](C)(c2cc3ccccc3o2)C1=O. The van der Waals surface area contributed by atoms with Crippen LogP contribution in [0.3, 0.4) is 0 Å². The van der Waals surface area contributed by atoms with Gasteiger partial charge in [0.1, 0.15) is 17.9 Å².